The average molecular weight is 415 g/mol. The number of aromatic nitrogens is 2. The zero-order chi connectivity index (χ0) is 21.1. The largest absolute Gasteiger partial charge is 0.494 e. The van der Waals surface area contributed by atoms with Crippen molar-refractivity contribution in [2.45, 2.75) is 6.92 Å². The molecule has 0 bridgehead atoms. The van der Waals surface area contributed by atoms with Crippen molar-refractivity contribution in [2.75, 3.05) is 69.4 Å². The molecule has 1 aromatic carbocycles. The SMILES string of the molecule is COc1ccc(C(=O)N2CCN(c3nc(C)cc(N4CCOCC4)n3)CC2)cc1F. The number of ether oxygens (including phenoxy) is 2. The van der Waals surface area contributed by atoms with Gasteiger partial charge in [0, 0.05) is 56.6 Å². The van der Waals surface area contributed by atoms with Crippen molar-refractivity contribution in [3.05, 3.63) is 41.3 Å². The molecule has 2 fully saturated rings. The van der Waals surface area contributed by atoms with Crippen molar-refractivity contribution in [3.8, 4) is 5.75 Å². The van der Waals surface area contributed by atoms with Gasteiger partial charge in [0.15, 0.2) is 11.6 Å². The topological polar surface area (TPSA) is 71.0 Å². The molecular weight excluding hydrogens is 389 g/mol. The molecule has 0 N–H and O–H groups in total. The molecule has 0 radical (unpaired) electrons. The second-order valence-electron chi connectivity index (χ2n) is 7.40. The lowest BCUT2D eigenvalue weighted by molar-refractivity contribution is 0.0745. The highest BCUT2D eigenvalue weighted by molar-refractivity contribution is 5.94. The average Bonchev–Trinajstić information content (AvgIpc) is 2.79. The highest BCUT2D eigenvalue weighted by Crippen LogP contribution is 2.22. The van der Waals surface area contributed by atoms with Gasteiger partial charge in [0.05, 0.1) is 20.3 Å². The Morgan fingerprint density at radius 2 is 1.77 bits per heavy atom. The molecule has 160 valence electrons. The maximum Gasteiger partial charge on any atom is 0.254 e. The zero-order valence-electron chi connectivity index (χ0n) is 17.3. The number of benzene rings is 1. The van der Waals surface area contributed by atoms with Crippen LogP contribution in [0.4, 0.5) is 16.2 Å². The molecule has 9 heteroatoms. The van der Waals surface area contributed by atoms with Gasteiger partial charge in [-0.25, -0.2) is 9.37 Å². The van der Waals surface area contributed by atoms with Crippen molar-refractivity contribution in [1.29, 1.82) is 0 Å². The molecule has 1 aromatic heterocycles. The van der Waals surface area contributed by atoms with E-state index in [0.717, 1.165) is 24.6 Å². The van der Waals surface area contributed by atoms with E-state index in [1.807, 2.05) is 13.0 Å². The van der Waals surface area contributed by atoms with E-state index in [2.05, 4.69) is 14.8 Å². The monoisotopic (exact) mass is 415 g/mol. The van der Waals surface area contributed by atoms with E-state index in [-0.39, 0.29) is 11.7 Å². The molecular formula is C21H26FN5O3. The van der Waals surface area contributed by atoms with Crippen LogP contribution in [0.1, 0.15) is 16.1 Å². The quantitative estimate of drug-likeness (QED) is 0.753. The molecule has 1 amide bonds. The number of hydrogen-bond acceptors (Lipinski definition) is 7. The standard InChI is InChI=1S/C21H26FN5O3/c1-15-13-19(25-9-11-30-12-10-25)24-21(23-15)27-7-5-26(6-8-27)20(28)16-3-4-18(29-2)17(22)14-16/h3-4,13-14H,5-12H2,1-2H3. The molecule has 0 saturated carbocycles. The zero-order valence-corrected chi connectivity index (χ0v) is 17.3. The molecule has 0 unspecified atom stereocenters. The van der Waals surface area contributed by atoms with Crippen molar-refractivity contribution >= 4 is 17.7 Å². The number of piperazine rings is 1. The Balaban J connectivity index is 1.42. The van der Waals surface area contributed by atoms with Gasteiger partial charge in [-0.05, 0) is 25.1 Å². The van der Waals surface area contributed by atoms with Crippen LogP contribution in [0.15, 0.2) is 24.3 Å². The first-order valence-electron chi connectivity index (χ1n) is 10.1. The Labute approximate surface area is 175 Å². The van der Waals surface area contributed by atoms with Crippen molar-refractivity contribution in [2.24, 2.45) is 0 Å². The van der Waals surface area contributed by atoms with Crippen molar-refractivity contribution in [3.63, 3.8) is 0 Å². The Morgan fingerprint density at radius 1 is 1.03 bits per heavy atom. The van der Waals surface area contributed by atoms with Crippen LogP contribution in [0.2, 0.25) is 0 Å². The number of methoxy groups -OCH3 is 1. The minimum absolute atomic E-state index is 0.129. The first-order chi connectivity index (χ1) is 14.5. The summed E-state index contributed by atoms with van der Waals surface area (Å²) in [4.78, 5) is 28.2. The summed E-state index contributed by atoms with van der Waals surface area (Å²) in [5, 5.41) is 0. The number of halogens is 1. The summed E-state index contributed by atoms with van der Waals surface area (Å²) < 4.78 is 24.3. The molecule has 2 aromatic rings. The van der Waals surface area contributed by atoms with Crippen LogP contribution in [0.5, 0.6) is 5.75 Å². The van der Waals surface area contributed by atoms with Crippen LogP contribution in [-0.4, -0.2) is 80.4 Å². The van der Waals surface area contributed by atoms with E-state index in [1.54, 1.807) is 11.0 Å². The molecule has 2 aliphatic rings. The van der Waals surface area contributed by atoms with Gasteiger partial charge in [0.25, 0.3) is 5.91 Å². The highest BCUT2D eigenvalue weighted by atomic mass is 19.1. The fourth-order valence-electron chi connectivity index (χ4n) is 3.72. The summed E-state index contributed by atoms with van der Waals surface area (Å²) in [6.45, 7) is 7.29. The van der Waals surface area contributed by atoms with Gasteiger partial charge in [0.1, 0.15) is 5.82 Å². The van der Waals surface area contributed by atoms with E-state index < -0.39 is 5.82 Å². The molecule has 0 aliphatic carbocycles. The van der Waals surface area contributed by atoms with Crippen LogP contribution in [0.3, 0.4) is 0 Å². The Bertz CT molecular complexity index is 912. The maximum absolute atomic E-state index is 14.0. The smallest absolute Gasteiger partial charge is 0.254 e. The molecule has 0 spiro atoms. The number of rotatable bonds is 4. The first kappa shape index (κ1) is 20.3. The van der Waals surface area contributed by atoms with Crippen LogP contribution in [0, 0.1) is 12.7 Å². The van der Waals surface area contributed by atoms with Gasteiger partial charge in [-0.3, -0.25) is 4.79 Å². The minimum Gasteiger partial charge on any atom is -0.494 e. The normalized spacial score (nSPS) is 17.2. The molecule has 30 heavy (non-hydrogen) atoms. The summed E-state index contributed by atoms with van der Waals surface area (Å²) in [5.74, 6) is 0.997. The second-order valence-corrected chi connectivity index (χ2v) is 7.40. The number of carbonyl (C=O) groups is 1. The molecule has 4 rings (SSSR count). The predicted molar refractivity (Wildman–Crippen MR) is 111 cm³/mol. The minimum atomic E-state index is -0.536. The van der Waals surface area contributed by atoms with Gasteiger partial charge >= 0.3 is 0 Å². The highest BCUT2D eigenvalue weighted by Gasteiger charge is 2.25. The Kier molecular flexibility index (Phi) is 5.98. The fourth-order valence-corrected chi connectivity index (χ4v) is 3.72. The van der Waals surface area contributed by atoms with E-state index in [4.69, 9.17) is 14.5 Å². The number of morpholine rings is 1. The van der Waals surface area contributed by atoms with Crippen LogP contribution in [-0.2, 0) is 4.74 Å². The maximum atomic E-state index is 14.0. The summed E-state index contributed by atoms with van der Waals surface area (Å²) in [7, 11) is 1.40. The van der Waals surface area contributed by atoms with E-state index in [1.165, 1.54) is 19.2 Å². The third-order valence-electron chi connectivity index (χ3n) is 5.41. The summed E-state index contributed by atoms with van der Waals surface area (Å²) >= 11 is 0. The van der Waals surface area contributed by atoms with Crippen LogP contribution >= 0.6 is 0 Å². The number of anilines is 2. The van der Waals surface area contributed by atoms with E-state index >= 15 is 0 Å². The van der Waals surface area contributed by atoms with E-state index in [0.29, 0.717) is 50.9 Å². The van der Waals surface area contributed by atoms with E-state index in [9.17, 15) is 9.18 Å². The van der Waals surface area contributed by atoms with Crippen LogP contribution in [0.25, 0.3) is 0 Å². The summed E-state index contributed by atoms with van der Waals surface area (Å²) in [5.41, 5.74) is 1.23. The molecule has 2 saturated heterocycles. The number of carbonyl (C=O) groups excluding carboxylic acids is 1. The second kappa shape index (κ2) is 8.83. The van der Waals surface area contributed by atoms with Gasteiger partial charge in [-0.15, -0.1) is 0 Å². The first-order valence-corrected chi connectivity index (χ1v) is 10.1. The molecule has 2 aliphatic heterocycles. The van der Waals surface area contributed by atoms with Gasteiger partial charge in [-0.2, -0.15) is 4.98 Å². The lowest BCUT2D eigenvalue weighted by Crippen LogP contribution is -2.49. The van der Waals surface area contributed by atoms with Gasteiger partial charge < -0.3 is 24.2 Å². The third-order valence-corrected chi connectivity index (χ3v) is 5.41. The third kappa shape index (κ3) is 4.30. The Hall–Kier alpha value is -2.94. The van der Waals surface area contributed by atoms with Gasteiger partial charge in [0.2, 0.25) is 5.95 Å². The molecule has 8 nitrogen and oxygen atoms in total. The fraction of sp³-hybridized carbons (Fsp3) is 0.476. The summed E-state index contributed by atoms with van der Waals surface area (Å²) in [6, 6.07) is 6.29. The van der Waals surface area contributed by atoms with Gasteiger partial charge in [-0.1, -0.05) is 0 Å². The number of aryl methyl sites for hydroxylation is 1. The molecule has 0 atom stereocenters. The van der Waals surface area contributed by atoms with Crippen molar-refractivity contribution in [1.82, 2.24) is 14.9 Å². The lowest BCUT2D eigenvalue weighted by Gasteiger charge is -2.35. The number of amides is 1. The summed E-state index contributed by atoms with van der Waals surface area (Å²) in [6.07, 6.45) is 0. The van der Waals surface area contributed by atoms with Crippen molar-refractivity contribution < 1.29 is 18.7 Å². The van der Waals surface area contributed by atoms with Crippen LogP contribution < -0.4 is 14.5 Å². The number of hydrogen-bond donors (Lipinski definition) is 0. The predicted octanol–water partition coefficient (Wildman–Crippen LogP) is 1.73. The Morgan fingerprint density at radius 3 is 2.43 bits per heavy atom. The number of nitrogens with zero attached hydrogens (tertiary/aromatic N) is 5. The molecule has 3 heterocycles. The lowest BCUT2D eigenvalue weighted by atomic mass is 10.1.